The van der Waals surface area contributed by atoms with Gasteiger partial charge in [-0.15, -0.1) is 0 Å². The molecule has 1 N–H and O–H groups in total. The Labute approximate surface area is 211 Å². The van der Waals surface area contributed by atoms with Crippen molar-refractivity contribution in [3.05, 3.63) is 0 Å². The van der Waals surface area contributed by atoms with Crippen molar-refractivity contribution < 1.29 is 9.84 Å². The molecule has 2 bridgehead atoms. The summed E-state index contributed by atoms with van der Waals surface area (Å²) in [5.41, 5.74) is 1.96. The Kier molecular flexibility index (Phi) is 4.92. The molecule has 0 radical (unpaired) electrons. The van der Waals surface area contributed by atoms with E-state index in [4.69, 9.17) is 4.74 Å². The van der Waals surface area contributed by atoms with E-state index in [2.05, 4.69) is 64.4 Å². The second-order valence-electron chi connectivity index (χ2n) is 15.8. The van der Waals surface area contributed by atoms with Gasteiger partial charge in [-0.1, -0.05) is 64.4 Å². The Morgan fingerprint density at radius 2 is 1.48 bits per heavy atom. The molecule has 33 heavy (non-hydrogen) atoms. The smallest absolute Gasteiger partial charge is 0.0675 e. The summed E-state index contributed by atoms with van der Waals surface area (Å²) in [5, 5.41) is 11.2. The summed E-state index contributed by atoms with van der Waals surface area (Å²) in [6.07, 6.45) is 12.2. The van der Waals surface area contributed by atoms with Crippen LogP contribution in [0.25, 0.3) is 0 Å². The molecule has 2 nitrogen and oxygen atoms in total. The van der Waals surface area contributed by atoms with E-state index in [1.54, 1.807) is 0 Å². The Bertz CT molecular complexity index is 837. The summed E-state index contributed by atoms with van der Waals surface area (Å²) in [6.45, 7) is 18.9. The van der Waals surface area contributed by atoms with Gasteiger partial charge in [-0.2, -0.15) is 0 Å². The van der Waals surface area contributed by atoms with Gasteiger partial charge >= 0.3 is 0 Å². The molecule has 6 fully saturated rings. The van der Waals surface area contributed by atoms with Gasteiger partial charge < -0.3 is 9.84 Å². The van der Waals surface area contributed by atoms with Crippen molar-refractivity contribution in [3.8, 4) is 0 Å². The van der Waals surface area contributed by atoms with Crippen LogP contribution in [0.2, 0.25) is 0 Å². The number of aliphatic hydroxyl groups is 1. The first-order chi connectivity index (χ1) is 15.2. The highest BCUT2D eigenvalue weighted by Crippen LogP contribution is 2.78. The Hall–Kier alpha value is 0.400. The lowest BCUT2D eigenvalue weighted by molar-refractivity contribution is -0.248. The topological polar surface area (TPSA) is 29.5 Å². The van der Waals surface area contributed by atoms with Crippen LogP contribution < -0.4 is 0 Å². The number of alkyl halides is 1. The Balaban J connectivity index is 1.40. The van der Waals surface area contributed by atoms with E-state index in [-0.39, 0.29) is 21.8 Å². The number of halogens is 1. The highest BCUT2D eigenvalue weighted by Gasteiger charge is 2.73. The third-order valence-electron chi connectivity index (χ3n) is 14.0. The van der Waals surface area contributed by atoms with E-state index in [0.717, 1.165) is 30.8 Å². The molecule has 1 saturated heterocycles. The fourth-order valence-corrected chi connectivity index (χ4v) is 12.6. The first-order valence-corrected chi connectivity index (χ1v) is 15.1. The van der Waals surface area contributed by atoms with Crippen LogP contribution in [-0.2, 0) is 4.74 Å². The molecule has 188 valence electrons. The minimum atomic E-state index is -0.229. The van der Waals surface area contributed by atoms with E-state index >= 15 is 0 Å². The third-order valence-corrected chi connectivity index (χ3v) is 15.8. The van der Waals surface area contributed by atoms with E-state index in [0.29, 0.717) is 33.7 Å². The number of aliphatic hydroxyl groups excluding tert-OH is 1. The van der Waals surface area contributed by atoms with E-state index in [9.17, 15) is 5.11 Å². The van der Waals surface area contributed by atoms with Gasteiger partial charge in [0.05, 0.1) is 18.8 Å². The predicted molar refractivity (Wildman–Crippen MR) is 138 cm³/mol. The molecule has 1 heterocycles. The first-order valence-electron chi connectivity index (χ1n) is 14.2. The van der Waals surface area contributed by atoms with E-state index in [1.807, 2.05) is 0 Å². The zero-order chi connectivity index (χ0) is 23.8. The molecule has 11 atom stereocenters. The average Bonchev–Trinajstić information content (AvgIpc) is 3.06. The summed E-state index contributed by atoms with van der Waals surface area (Å²) in [7, 11) is 0. The fraction of sp³-hybridized carbons (Fsp3) is 1.00. The maximum atomic E-state index is 11.2. The Morgan fingerprint density at radius 1 is 0.788 bits per heavy atom. The maximum absolute atomic E-state index is 11.2. The van der Waals surface area contributed by atoms with Crippen LogP contribution in [0.3, 0.4) is 0 Å². The van der Waals surface area contributed by atoms with E-state index < -0.39 is 0 Å². The summed E-state index contributed by atoms with van der Waals surface area (Å²) in [5.74, 6) is 3.00. The van der Waals surface area contributed by atoms with Gasteiger partial charge in [-0.25, -0.2) is 0 Å². The second kappa shape index (κ2) is 6.83. The molecule has 0 spiro atoms. The minimum absolute atomic E-state index is 0.141. The number of hydrogen-bond acceptors (Lipinski definition) is 2. The van der Waals surface area contributed by atoms with Crippen LogP contribution >= 0.6 is 15.9 Å². The highest BCUT2D eigenvalue weighted by atomic mass is 79.9. The Morgan fingerprint density at radius 3 is 2.21 bits per heavy atom. The van der Waals surface area contributed by atoms with E-state index in [1.165, 1.54) is 51.4 Å². The van der Waals surface area contributed by atoms with Crippen LogP contribution in [0.4, 0.5) is 0 Å². The van der Waals surface area contributed by atoms with Gasteiger partial charge in [0, 0.05) is 4.83 Å². The monoisotopic (exact) mass is 520 g/mol. The zero-order valence-electron chi connectivity index (χ0n) is 22.3. The molecule has 6 rings (SSSR count). The molecular weight excluding hydrogens is 472 g/mol. The normalized spacial score (nSPS) is 60.8. The molecule has 5 aliphatic carbocycles. The summed E-state index contributed by atoms with van der Waals surface area (Å²) >= 11 is 3.93. The zero-order valence-corrected chi connectivity index (χ0v) is 23.9. The van der Waals surface area contributed by atoms with Crippen molar-refractivity contribution in [2.24, 2.45) is 56.2 Å². The lowest BCUT2D eigenvalue weighted by Gasteiger charge is -2.73. The number of ether oxygens (including phenoxy) is 1. The molecule has 5 saturated carbocycles. The molecule has 0 aromatic rings. The SMILES string of the molecule is CC1(C)CC[C@]23CC[C@]4(C)[C@@H](CC[C@H]5[C@@]6(C)C[C@H](O)[C@@H](Br)C(C)(C)[C@@H]6CC[C@]54C)[C@H]2[C@@H]1OC3. The van der Waals surface area contributed by atoms with Crippen LogP contribution in [-0.4, -0.2) is 28.7 Å². The van der Waals surface area contributed by atoms with Gasteiger partial charge in [0.1, 0.15) is 0 Å². The van der Waals surface area contributed by atoms with Crippen molar-refractivity contribution in [1.29, 1.82) is 0 Å². The highest BCUT2D eigenvalue weighted by molar-refractivity contribution is 9.09. The number of rotatable bonds is 0. The fourth-order valence-electron chi connectivity index (χ4n) is 12.1. The molecule has 0 aromatic heterocycles. The maximum Gasteiger partial charge on any atom is 0.0675 e. The molecule has 3 heteroatoms. The first kappa shape index (κ1) is 23.8. The summed E-state index contributed by atoms with van der Waals surface area (Å²) < 4.78 is 6.71. The van der Waals surface area contributed by atoms with Crippen molar-refractivity contribution >= 4 is 15.9 Å². The standard InChI is InChI=1S/C30H49BrO2/c1-25(2)12-14-30-15-13-28(6)18(22(30)24(25)33-17-30)8-9-21-27(5)16-19(32)23(31)26(3,4)20(27)10-11-29(21,28)7/h18-24,32H,8-17H2,1-7H3/t18-,19-,20-,21-,22-,23+,24-,27-,28+,29+,30+/m0/s1. The molecule has 1 aliphatic heterocycles. The lowest BCUT2D eigenvalue weighted by atomic mass is 9.31. The van der Waals surface area contributed by atoms with Crippen molar-refractivity contribution in [2.75, 3.05) is 6.61 Å². The summed E-state index contributed by atoms with van der Waals surface area (Å²) in [6, 6.07) is 0. The molecular formula is C30H49BrO2. The quantitative estimate of drug-likeness (QED) is 0.333. The van der Waals surface area contributed by atoms with Crippen molar-refractivity contribution in [1.82, 2.24) is 0 Å². The molecule has 0 unspecified atom stereocenters. The summed E-state index contributed by atoms with van der Waals surface area (Å²) in [4.78, 5) is 0.214. The minimum Gasteiger partial charge on any atom is -0.392 e. The van der Waals surface area contributed by atoms with Gasteiger partial charge in [-0.05, 0) is 114 Å². The second-order valence-corrected chi connectivity index (χ2v) is 16.8. The number of fused-ring (bicyclic) bond motifs is 5. The van der Waals surface area contributed by atoms with Crippen molar-refractivity contribution in [2.45, 2.75) is 123 Å². The van der Waals surface area contributed by atoms with Gasteiger partial charge in [0.2, 0.25) is 0 Å². The van der Waals surface area contributed by atoms with Gasteiger partial charge in [0.15, 0.2) is 0 Å². The van der Waals surface area contributed by atoms with Crippen LogP contribution in [0.1, 0.15) is 106 Å². The third kappa shape index (κ3) is 2.70. The molecule has 0 aromatic carbocycles. The lowest BCUT2D eigenvalue weighted by Crippen LogP contribution is -2.68. The number of hydrogen-bond donors (Lipinski definition) is 1. The molecule has 6 aliphatic rings. The largest absolute Gasteiger partial charge is 0.392 e. The van der Waals surface area contributed by atoms with Gasteiger partial charge in [-0.3, -0.25) is 0 Å². The van der Waals surface area contributed by atoms with Crippen LogP contribution in [0, 0.1) is 56.2 Å². The van der Waals surface area contributed by atoms with Crippen molar-refractivity contribution in [3.63, 3.8) is 0 Å². The molecule has 0 amide bonds. The van der Waals surface area contributed by atoms with Crippen LogP contribution in [0.5, 0.6) is 0 Å². The predicted octanol–water partition coefficient (Wildman–Crippen LogP) is 7.61. The van der Waals surface area contributed by atoms with Crippen LogP contribution in [0.15, 0.2) is 0 Å². The van der Waals surface area contributed by atoms with Gasteiger partial charge in [0.25, 0.3) is 0 Å². The average molecular weight is 522 g/mol.